The second kappa shape index (κ2) is 11.2. The molecule has 2 aromatic rings. The maximum absolute atomic E-state index is 12.4. The van der Waals surface area contributed by atoms with E-state index in [1.807, 2.05) is 30.3 Å². The number of ketones is 1. The summed E-state index contributed by atoms with van der Waals surface area (Å²) in [7, 11) is 1.24. The van der Waals surface area contributed by atoms with Crippen molar-refractivity contribution in [3.05, 3.63) is 59.7 Å². The van der Waals surface area contributed by atoms with Gasteiger partial charge in [0.25, 0.3) is 0 Å². The topological polar surface area (TPSA) is 94.5 Å². The minimum absolute atomic E-state index is 0.0564. The molecule has 0 atom stereocenters. The standard InChI is InChI=1S/C23H22F2N2O6/c1-31-20-13-16(7-8-19(20)33-23(24)25)18(28)14-32-22(30)10-9-21(29)27-12-11-17(26-27)15-5-3-2-4-6-15/h2-8,13,23H,9-12,14H2,1H3. The average molecular weight is 460 g/mol. The first-order chi connectivity index (χ1) is 15.9. The third kappa shape index (κ3) is 6.58. The summed E-state index contributed by atoms with van der Waals surface area (Å²) in [6.45, 7) is -3.17. The summed E-state index contributed by atoms with van der Waals surface area (Å²) in [5.74, 6) is -1.87. The molecule has 0 aromatic heterocycles. The Balaban J connectivity index is 1.46. The second-order valence-electron chi connectivity index (χ2n) is 7.01. The number of nitrogens with zero attached hydrogens (tertiary/aromatic N) is 2. The number of Topliss-reactive ketones (excluding diaryl/α,β-unsaturated/α-hetero) is 1. The van der Waals surface area contributed by atoms with Crippen molar-refractivity contribution in [1.29, 1.82) is 0 Å². The lowest BCUT2D eigenvalue weighted by Crippen LogP contribution is -2.24. The zero-order chi connectivity index (χ0) is 23.8. The van der Waals surface area contributed by atoms with Crippen LogP contribution in [0, 0.1) is 0 Å². The van der Waals surface area contributed by atoms with Crippen molar-refractivity contribution < 1.29 is 37.4 Å². The molecule has 0 saturated heterocycles. The Morgan fingerprint density at radius 1 is 1.06 bits per heavy atom. The highest BCUT2D eigenvalue weighted by Gasteiger charge is 2.22. The van der Waals surface area contributed by atoms with E-state index in [0.29, 0.717) is 13.0 Å². The van der Waals surface area contributed by atoms with Crippen LogP contribution in [0.2, 0.25) is 0 Å². The highest BCUT2D eigenvalue weighted by atomic mass is 19.3. The van der Waals surface area contributed by atoms with E-state index in [0.717, 1.165) is 11.3 Å². The molecule has 0 fully saturated rings. The van der Waals surface area contributed by atoms with Gasteiger partial charge in [-0.3, -0.25) is 14.4 Å². The number of hydrogen-bond donors (Lipinski definition) is 0. The quantitative estimate of drug-likeness (QED) is 0.398. The van der Waals surface area contributed by atoms with Gasteiger partial charge in [0.05, 0.1) is 25.8 Å². The number of amides is 1. The van der Waals surface area contributed by atoms with Gasteiger partial charge in [0.1, 0.15) is 0 Å². The van der Waals surface area contributed by atoms with Crippen LogP contribution in [0.5, 0.6) is 11.5 Å². The minimum atomic E-state index is -3.04. The van der Waals surface area contributed by atoms with Gasteiger partial charge in [-0.1, -0.05) is 30.3 Å². The number of esters is 1. The van der Waals surface area contributed by atoms with Crippen molar-refractivity contribution in [3.8, 4) is 11.5 Å². The van der Waals surface area contributed by atoms with Gasteiger partial charge < -0.3 is 14.2 Å². The van der Waals surface area contributed by atoms with Gasteiger partial charge in [-0.2, -0.15) is 13.9 Å². The monoisotopic (exact) mass is 460 g/mol. The Labute approximate surface area is 188 Å². The van der Waals surface area contributed by atoms with Crippen molar-refractivity contribution in [2.75, 3.05) is 20.3 Å². The van der Waals surface area contributed by atoms with Gasteiger partial charge in [0.15, 0.2) is 23.9 Å². The number of carbonyl (C=O) groups is 3. The lowest BCUT2D eigenvalue weighted by Gasteiger charge is -2.12. The summed E-state index contributed by atoms with van der Waals surface area (Å²) in [6.07, 6.45) is 0.314. The lowest BCUT2D eigenvalue weighted by molar-refractivity contribution is -0.145. The molecule has 3 rings (SSSR count). The van der Waals surface area contributed by atoms with Crippen LogP contribution >= 0.6 is 0 Å². The molecular formula is C23H22F2N2O6. The van der Waals surface area contributed by atoms with E-state index in [-0.39, 0.29) is 35.8 Å². The average Bonchev–Trinajstić information content (AvgIpc) is 3.32. The maximum Gasteiger partial charge on any atom is 0.387 e. The van der Waals surface area contributed by atoms with Crippen molar-refractivity contribution in [3.63, 3.8) is 0 Å². The number of ether oxygens (including phenoxy) is 3. The van der Waals surface area contributed by atoms with Gasteiger partial charge >= 0.3 is 12.6 Å². The fraction of sp³-hybridized carbons (Fsp3) is 0.304. The van der Waals surface area contributed by atoms with Crippen LogP contribution in [0.15, 0.2) is 53.6 Å². The molecule has 0 N–H and O–H groups in total. The summed E-state index contributed by atoms with van der Waals surface area (Å²) in [5, 5.41) is 5.65. The highest BCUT2D eigenvalue weighted by molar-refractivity contribution is 6.02. The number of hydrazone groups is 1. The summed E-state index contributed by atoms with van der Waals surface area (Å²) >= 11 is 0. The molecule has 174 valence electrons. The van der Waals surface area contributed by atoms with Gasteiger partial charge in [-0.15, -0.1) is 0 Å². The Kier molecular flexibility index (Phi) is 8.06. The van der Waals surface area contributed by atoms with Gasteiger partial charge in [-0.05, 0) is 23.8 Å². The van der Waals surface area contributed by atoms with Gasteiger partial charge in [0, 0.05) is 18.4 Å². The third-order valence-electron chi connectivity index (χ3n) is 4.81. The molecule has 1 aliphatic rings. The van der Waals surface area contributed by atoms with Gasteiger partial charge in [0.2, 0.25) is 5.91 Å². The first kappa shape index (κ1) is 23.8. The van der Waals surface area contributed by atoms with Crippen LogP contribution < -0.4 is 9.47 Å². The van der Waals surface area contributed by atoms with E-state index in [9.17, 15) is 23.2 Å². The van der Waals surface area contributed by atoms with E-state index in [1.165, 1.54) is 30.3 Å². The molecule has 8 nitrogen and oxygen atoms in total. The molecule has 0 aliphatic carbocycles. The van der Waals surface area contributed by atoms with E-state index < -0.39 is 25.0 Å². The Bertz CT molecular complexity index is 1040. The number of alkyl halides is 2. The summed E-state index contributed by atoms with van der Waals surface area (Å²) in [4.78, 5) is 36.6. The highest BCUT2D eigenvalue weighted by Crippen LogP contribution is 2.29. The maximum atomic E-state index is 12.4. The molecule has 1 aliphatic heterocycles. The number of carbonyl (C=O) groups excluding carboxylic acids is 3. The van der Waals surface area contributed by atoms with Crippen molar-refractivity contribution in [2.45, 2.75) is 25.9 Å². The molecule has 0 bridgehead atoms. The normalized spacial score (nSPS) is 13.0. The number of rotatable bonds is 10. The first-order valence-corrected chi connectivity index (χ1v) is 10.1. The number of hydrogen-bond acceptors (Lipinski definition) is 7. The molecule has 2 aromatic carbocycles. The molecule has 0 saturated carbocycles. The predicted octanol–water partition coefficient (Wildman–Crippen LogP) is 3.44. The molecule has 0 radical (unpaired) electrons. The van der Waals surface area contributed by atoms with Crippen LogP contribution in [-0.4, -0.2) is 55.3 Å². The van der Waals surface area contributed by atoms with Gasteiger partial charge in [-0.25, -0.2) is 5.01 Å². The van der Waals surface area contributed by atoms with Crippen LogP contribution in [0.25, 0.3) is 0 Å². The molecule has 1 amide bonds. The third-order valence-corrected chi connectivity index (χ3v) is 4.81. The first-order valence-electron chi connectivity index (χ1n) is 10.1. The molecule has 1 heterocycles. The fourth-order valence-electron chi connectivity index (χ4n) is 3.14. The SMILES string of the molecule is COc1cc(C(=O)COC(=O)CCC(=O)N2CCC(c3ccccc3)=N2)ccc1OC(F)F. The number of halogens is 2. The molecular weight excluding hydrogens is 438 g/mol. The van der Waals surface area contributed by atoms with Crippen LogP contribution in [0.3, 0.4) is 0 Å². The summed E-state index contributed by atoms with van der Waals surface area (Å²) in [5.41, 5.74) is 1.84. The van der Waals surface area contributed by atoms with Crippen LogP contribution in [-0.2, 0) is 14.3 Å². The summed E-state index contributed by atoms with van der Waals surface area (Å²) < 4.78 is 39.0. The lowest BCUT2D eigenvalue weighted by atomic mass is 10.1. The molecule has 0 unspecified atom stereocenters. The molecule has 10 heteroatoms. The van der Waals surface area contributed by atoms with Crippen molar-refractivity contribution in [2.24, 2.45) is 5.10 Å². The van der Waals surface area contributed by atoms with E-state index in [4.69, 9.17) is 9.47 Å². The Hall–Kier alpha value is -3.82. The number of methoxy groups -OCH3 is 1. The fourth-order valence-corrected chi connectivity index (χ4v) is 3.14. The Morgan fingerprint density at radius 3 is 2.52 bits per heavy atom. The summed E-state index contributed by atoms with van der Waals surface area (Å²) in [6, 6.07) is 13.1. The zero-order valence-electron chi connectivity index (χ0n) is 17.8. The second-order valence-corrected chi connectivity index (χ2v) is 7.01. The molecule has 0 spiro atoms. The number of benzene rings is 2. The van der Waals surface area contributed by atoms with E-state index >= 15 is 0 Å². The molecule has 33 heavy (non-hydrogen) atoms. The van der Waals surface area contributed by atoms with E-state index in [2.05, 4.69) is 9.84 Å². The predicted molar refractivity (Wildman–Crippen MR) is 113 cm³/mol. The largest absolute Gasteiger partial charge is 0.493 e. The van der Waals surface area contributed by atoms with Crippen molar-refractivity contribution in [1.82, 2.24) is 5.01 Å². The van der Waals surface area contributed by atoms with E-state index in [1.54, 1.807) is 0 Å². The van der Waals surface area contributed by atoms with Crippen LogP contribution in [0.1, 0.15) is 35.2 Å². The zero-order valence-corrected chi connectivity index (χ0v) is 17.8. The van der Waals surface area contributed by atoms with Crippen molar-refractivity contribution >= 4 is 23.4 Å². The minimum Gasteiger partial charge on any atom is -0.493 e. The Morgan fingerprint density at radius 2 is 1.82 bits per heavy atom. The van der Waals surface area contributed by atoms with Crippen LogP contribution in [0.4, 0.5) is 8.78 Å². The smallest absolute Gasteiger partial charge is 0.387 e.